The molecule has 7 heteroatoms. The van der Waals surface area contributed by atoms with Crippen molar-refractivity contribution in [1.82, 2.24) is 10.2 Å². The lowest BCUT2D eigenvalue weighted by Gasteiger charge is -2.23. The molecule has 1 unspecified atom stereocenters. The summed E-state index contributed by atoms with van der Waals surface area (Å²) in [7, 11) is 0. The van der Waals surface area contributed by atoms with Crippen LogP contribution in [0.5, 0.6) is 11.5 Å². The summed E-state index contributed by atoms with van der Waals surface area (Å²) in [6.07, 6.45) is 3.13. The number of ether oxygens (including phenoxy) is 2. The number of urea groups is 1. The predicted octanol–water partition coefficient (Wildman–Crippen LogP) is 2.55. The van der Waals surface area contributed by atoms with Crippen LogP contribution in [-0.2, 0) is 23.2 Å². The lowest BCUT2D eigenvalue weighted by molar-refractivity contribution is -0.130. The molecule has 3 aliphatic rings. The largest absolute Gasteiger partial charge is 0.454 e. The van der Waals surface area contributed by atoms with Crippen molar-refractivity contribution >= 4 is 17.7 Å². The van der Waals surface area contributed by atoms with E-state index in [0.29, 0.717) is 17.1 Å². The lowest BCUT2D eigenvalue weighted by Crippen LogP contribution is -2.41. The Labute approximate surface area is 167 Å². The zero-order chi connectivity index (χ0) is 20.2. The first-order valence-corrected chi connectivity index (χ1v) is 9.65. The van der Waals surface area contributed by atoms with Crippen LogP contribution in [0.25, 0.3) is 0 Å². The molecule has 7 nitrogen and oxygen atoms in total. The summed E-state index contributed by atoms with van der Waals surface area (Å²) in [6, 6.07) is 10.2. The number of rotatable bonds is 4. The Morgan fingerprint density at radius 2 is 1.86 bits per heavy atom. The third kappa shape index (κ3) is 2.76. The first-order valence-electron chi connectivity index (χ1n) is 9.65. The van der Waals surface area contributed by atoms with E-state index in [2.05, 4.69) is 5.32 Å². The highest BCUT2D eigenvalue weighted by atomic mass is 16.7. The van der Waals surface area contributed by atoms with Gasteiger partial charge in [-0.05, 0) is 61.1 Å². The van der Waals surface area contributed by atoms with Crippen molar-refractivity contribution in [3.05, 3.63) is 58.7 Å². The summed E-state index contributed by atoms with van der Waals surface area (Å²) in [5.41, 5.74) is 2.45. The number of Topliss-reactive ketones (excluding diaryl/α,β-unsaturated/α-hetero) is 1. The number of nitrogens with one attached hydrogen (secondary N) is 1. The molecule has 2 heterocycles. The quantitative estimate of drug-likeness (QED) is 0.639. The number of imide groups is 1. The maximum Gasteiger partial charge on any atom is 0.325 e. The summed E-state index contributed by atoms with van der Waals surface area (Å²) in [6.45, 7) is 1.47. The number of carbonyl (C=O) groups is 3. The average molecular weight is 392 g/mol. The van der Waals surface area contributed by atoms with Crippen molar-refractivity contribution in [3.63, 3.8) is 0 Å². The summed E-state index contributed by atoms with van der Waals surface area (Å²) >= 11 is 0. The molecule has 29 heavy (non-hydrogen) atoms. The monoisotopic (exact) mass is 392 g/mol. The molecule has 148 valence electrons. The predicted molar refractivity (Wildman–Crippen MR) is 103 cm³/mol. The fourth-order valence-corrected chi connectivity index (χ4v) is 4.22. The second-order valence-electron chi connectivity index (χ2n) is 7.77. The van der Waals surface area contributed by atoms with Gasteiger partial charge in [-0.2, -0.15) is 0 Å². The lowest BCUT2D eigenvalue weighted by atomic mass is 9.89. The minimum atomic E-state index is -1.18. The van der Waals surface area contributed by atoms with Gasteiger partial charge in [-0.3, -0.25) is 14.5 Å². The fraction of sp³-hybridized carbons (Fsp3) is 0.318. The number of nitrogens with zero attached hydrogens (tertiary/aromatic N) is 1. The highest BCUT2D eigenvalue weighted by Crippen LogP contribution is 2.34. The number of ketones is 1. The molecular weight excluding hydrogens is 372 g/mol. The number of amides is 3. The second-order valence-corrected chi connectivity index (χ2v) is 7.77. The molecule has 1 fully saturated rings. The van der Waals surface area contributed by atoms with Gasteiger partial charge in [-0.25, -0.2) is 4.79 Å². The number of hydrogen-bond acceptors (Lipinski definition) is 5. The zero-order valence-corrected chi connectivity index (χ0v) is 16.0. The molecular formula is C22H20N2O5. The number of carbonyl (C=O) groups excluding carboxylic acids is 3. The standard InChI is InChI=1S/C22H20N2O5/c1-22(16-7-5-13-3-2-4-14(13)9-16)20(26)24(21(27)23-22)11-17(25)15-6-8-18-19(10-15)29-12-28-18/h5-10H,2-4,11-12H2,1H3,(H,23,27). The molecule has 2 aromatic rings. The minimum Gasteiger partial charge on any atom is -0.454 e. The SMILES string of the molecule is CC1(c2ccc3c(c2)CCC3)NC(=O)N(CC(=O)c2ccc3c(c2)OCO3)C1=O. The van der Waals surface area contributed by atoms with Crippen molar-refractivity contribution in [2.24, 2.45) is 0 Å². The van der Waals surface area contributed by atoms with Crippen LogP contribution in [0.15, 0.2) is 36.4 Å². The van der Waals surface area contributed by atoms with Gasteiger partial charge in [0, 0.05) is 5.56 Å². The van der Waals surface area contributed by atoms with Gasteiger partial charge in [0.25, 0.3) is 5.91 Å². The average Bonchev–Trinajstić information content (AvgIpc) is 3.42. The van der Waals surface area contributed by atoms with Crippen LogP contribution in [0.4, 0.5) is 4.79 Å². The maximum atomic E-state index is 13.1. The van der Waals surface area contributed by atoms with Crippen molar-refractivity contribution < 1.29 is 23.9 Å². The van der Waals surface area contributed by atoms with Crippen LogP contribution < -0.4 is 14.8 Å². The van der Waals surface area contributed by atoms with E-state index in [1.807, 2.05) is 18.2 Å². The van der Waals surface area contributed by atoms with E-state index in [9.17, 15) is 14.4 Å². The molecule has 0 radical (unpaired) electrons. The molecule has 2 aromatic carbocycles. The Bertz CT molecular complexity index is 1060. The van der Waals surface area contributed by atoms with Gasteiger partial charge in [0.05, 0.1) is 6.54 Å². The van der Waals surface area contributed by atoms with Crippen LogP contribution in [0.3, 0.4) is 0 Å². The van der Waals surface area contributed by atoms with Gasteiger partial charge in [-0.1, -0.05) is 18.2 Å². The van der Waals surface area contributed by atoms with Crippen molar-refractivity contribution in [2.45, 2.75) is 31.7 Å². The highest BCUT2D eigenvalue weighted by molar-refractivity contribution is 6.11. The Kier molecular flexibility index (Phi) is 3.87. The second kappa shape index (κ2) is 6.34. The third-order valence-electron chi connectivity index (χ3n) is 5.95. The topological polar surface area (TPSA) is 84.9 Å². The van der Waals surface area contributed by atoms with Crippen LogP contribution in [0.1, 0.15) is 40.4 Å². The molecule has 1 N–H and O–H groups in total. The molecule has 3 amide bonds. The van der Waals surface area contributed by atoms with Gasteiger partial charge in [0.1, 0.15) is 5.54 Å². The van der Waals surface area contributed by atoms with Gasteiger partial charge in [0.15, 0.2) is 17.3 Å². The van der Waals surface area contributed by atoms with Crippen LogP contribution in [0.2, 0.25) is 0 Å². The third-order valence-corrected chi connectivity index (χ3v) is 5.95. The van der Waals surface area contributed by atoms with E-state index in [-0.39, 0.29) is 19.1 Å². The molecule has 1 atom stereocenters. The molecule has 0 spiro atoms. The van der Waals surface area contributed by atoms with Gasteiger partial charge in [-0.15, -0.1) is 0 Å². The van der Waals surface area contributed by atoms with Crippen molar-refractivity contribution in [1.29, 1.82) is 0 Å². The Balaban J connectivity index is 1.38. The van der Waals surface area contributed by atoms with Crippen molar-refractivity contribution in [3.8, 4) is 11.5 Å². The smallest absolute Gasteiger partial charge is 0.325 e. The summed E-state index contributed by atoms with van der Waals surface area (Å²) in [5.74, 6) is 0.288. The molecule has 1 saturated heterocycles. The number of hydrogen-bond donors (Lipinski definition) is 1. The minimum absolute atomic E-state index is 0.110. The zero-order valence-electron chi connectivity index (χ0n) is 16.0. The number of benzene rings is 2. The first kappa shape index (κ1) is 17.7. The highest BCUT2D eigenvalue weighted by Gasteiger charge is 2.49. The van der Waals surface area contributed by atoms with Crippen LogP contribution in [0, 0.1) is 0 Å². The van der Waals surface area contributed by atoms with Gasteiger partial charge in [0.2, 0.25) is 6.79 Å². The van der Waals surface area contributed by atoms with Crippen LogP contribution >= 0.6 is 0 Å². The Hall–Kier alpha value is -3.35. The van der Waals surface area contributed by atoms with Crippen molar-refractivity contribution in [2.75, 3.05) is 13.3 Å². The number of aryl methyl sites for hydroxylation is 2. The summed E-state index contributed by atoms with van der Waals surface area (Å²) < 4.78 is 10.5. The molecule has 0 saturated carbocycles. The van der Waals surface area contributed by atoms with Gasteiger partial charge >= 0.3 is 6.03 Å². The number of fused-ring (bicyclic) bond motifs is 2. The van der Waals surface area contributed by atoms with E-state index in [0.717, 1.165) is 29.7 Å². The fourth-order valence-electron chi connectivity index (χ4n) is 4.22. The Morgan fingerprint density at radius 3 is 2.72 bits per heavy atom. The summed E-state index contributed by atoms with van der Waals surface area (Å²) in [4.78, 5) is 39.4. The first-order chi connectivity index (χ1) is 14.0. The van der Waals surface area contributed by atoms with E-state index >= 15 is 0 Å². The van der Waals surface area contributed by atoms with E-state index in [4.69, 9.17) is 9.47 Å². The Morgan fingerprint density at radius 1 is 1.07 bits per heavy atom. The van der Waals surface area contributed by atoms with E-state index in [1.54, 1.807) is 25.1 Å². The van der Waals surface area contributed by atoms with E-state index < -0.39 is 17.5 Å². The normalized spacial score (nSPS) is 22.0. The molecule has 2 aliphatic heterocycles. The molecule has 5 rings (SSSR count). The summed E-state index contributed by atoms with van der Waals surface area (Å²) in [5, 5.41) is 2.78. The van der Waals surface area contributed by atoms with Crippen LogP contribution in [-0.4, -0.2) is 36.0 Å². The molecule has 0 bridgehead atoms. The molecule has 1 aliphatic carbocycles. The maximum absolute atomic E-state index is 13.1. The van der Waals surface area contributed by atoms with E-state index in [1.165, 1.54) is 11.1 Å². The molecule has 0 aromatic heterocycles. The van der Waals surface area contributed by atoms with Gasteiger partial charge < -0.3 is 14.8 Å².